The number of urea groups is 1. The van der Waals surface area contributed by atoms with Gasteiger partial charge in [-0.3, -0.25) is 0 Å². The number of nitrogens with one attached hydrogen (secondary N) is 2. The van der Waals surface area contributed by atoms with Crippen molar-refractivity contribution in [3.63, 3.8) is 0 Å². The minimum absolute atomic E-state index is 0.0928. The van der Waals surface area contributed by atoms with Crippen molar-refractivity contribution in [2.75, 3.05) is 0 Å². The molecule has 22 heavy (non-hydrogen) atoms. The molecule has 0 aliphatic carbocycles. The van der Waals surface area contributed by atoms with Gasteiger partial charge in [-0.2, -0.15) is 0 Å². The molecule has 0 bridgehead atoms. The highest BCUT2D eigenvalue weighted by Gasteiger charge is 2.19. The van der Waals surface area contributed by atoms with E-state index in [0.29, 0.717) is 5.89 Å². The summed E-state index contributed by atoms with van der Waals surface area (Å²) in [5.74, 6) is 1.30. The van der Waals surface area contributed by atoms with Crippen LogP contribution in [0.2, 0.25) is 0 Å². The minimum atomic E-state index is -0.270. The normalized spacial score (nSPS) is 13.0. The van der Waals surface area contributed by atoms with Gasteiger partial charge in [-0.1, -0.05) is 20.8 Å². The van der Waals surface area contributed by atoms with Crippen molar-refractivity contribution in [3.05, 3.63) is 33.9 Å². The van der Waals surface area contributed by atoms with Gasteiger partial charge in [0, 0.05) is 10.8 Å². The van der Waals surface area contributed by atoms with Crippen LogP contribution in [0.1, 0.15) is 56.1 Å². The van der Waals surface area contributed by atoms with Crippen molar-refractivity contribution in [1.82, 2.24) is 20.6 Å². The van der Waals surface area contributed by atoms with Crippen LogP contribution in [0.15, 0.2) is 16.0 Å². The highest BCUT2D eigenvalue weighted by molar-refractivity contribution is 7.09. The third-order valence-corrected chi connectivity index (χ3v) is 3.91. The summed E-state index contributed by atoms with van der Waals surface area (Å²) >= 11 is 1.57. The predicted octanol–water partition coefficient (Wildman–Crippen LogP) is 3.30. The highest BCUT2D eigenvalue weighted by atomic mass is 32.1. The predicted molar refractivity (Wildman–Crippen MR) is 85.8 cm³/mol. The Morgan fingerprint density at radius 1 is 1.45 bits per heavy atom. The van der Waals surface area contributed by atoms with E-state index in [4.69, 9.17) is 4.42 Å². The lowest BCUT2D eigenvalue weighted by Gasteiger charge is -2.13. The van der Waals surface area contributed by atoms with E-state index in [-0.39, 0.29) is 24.0 Å². The van der Waals surface area contributed by atoms with Gasteiger partial charge >= 0.3 is 6.03 Å². The van der Waals surface area contributed by atoms with E-state index in [2.05, 4.69) is 41.4 Å². The number of hydrogen-bond acceptors (Lipinski definition) is 5. The molecule has 0 fully saturated rings. The number of hydrogen-bond donors (Lipinski definition) is 2. The fourth-order valence-electron chi connectivity index (χ4n) is 1.80. The maximum Gasteiger partial charge on any atom is 0.315 e. The monoisotopic (exact) mass is 322 g/mol. The van der Waals surface area contributed by atoms with Gasteiger partial charge in [0.05, 0.1) is 29.5 Å². The number of oxazole rings is 1. The number of nitrogens with zero attached hydrogens (tertiary/aromatic N) is 2. The first-order chi connectivity index (χ1) is 10.3. The number of aryl methyl sites for hydroxylation is 1. The van der Waals surface area contributed by atoms with Crippen molar-refractivity contribution in [3.8, 4) is 0 Å². The standard InChI is InChI=1S/C15H22N4O2S/c1-9(11-8-22-10(2)19-11)18-14(20)17-7-13-16-6-12(21-13)15(3,4)5/h6,8-9H,7H2,1-5H3,(H2,17,18,20)/t9-/m0/s1. The number of carbonyl (C=O) groups excluding carboxylic acids is 1. The van der Waals surface area contributed by atoms with Crippen molar-refractivity contribution >= 4 is 17.4 Å². The van der Waals surface area contributed by atoms with Crippen LogP contribution >= 0.6 is 11.3 Å². The molecule has 120 valence electrons. The molecule has 7 heteroatoms. The number of carbonyl (C=O) groups is 1. The summed E-state index contributed by atoms with van der Waals surface area (Å²) in [6.07, 6.45) is 1.70. The van der Waals surface area contributed by atoms with Crippen LogP contribution in [0, 0.1) is 6.92 Å². The zero-order chi connectivity index (χ0) is 16.3. The first kappa shape index (κ1) is 16.5. The molecule has 0 spiro atoms. The van der Waals surface area contributed by atoms with Gasteiger partial charge in [0.2, 0.25) is 5.89 Å². The van der Waals surface area contributed by atoms with Crippen LogP contribution < -0.4 is 10.6 Å². The third-order valence-electron chi connectivity index (χ3n) is 3.12. The molecule has 0 radical (unpaired) electrons. The molecule has 2 aromatic rings. The second kappa shape index (κ2) is 6.48. The Hall–Kier alpha value is -1.89. The van der Waals surface area contributed by atoms with E-state index in [9.17, 15) is 4.79 Å². The fourth-order valence-corrected chi connectivity index (χ4v) is 2.50. The van der Waals surface area contributed by atoms with E-state index in [1.807, 2.05) is 19.2 Å². The molecule has 0 saturated carbocycles. The molecule has 6 nitrogen and oxygen atoms in total. The average molecular weight is 322 g/mol. The lowest BCUT2D eigenvalue weighted by atomic mass is 9.94. The quantitative estimate of drug-likeness (QED) is 0.905. The van der Waals surface area contributed by atoms with Gasteiger partial charge in [0.1, 0.15) is 5.76 Å². The van der Waals surface area contributed by atoms with Crippen molar-refractivity contribution in [2.24, 2.45) is 0 Å². The van der Waals surface area contributed by atoms with Crippen LogP contribution in [0.3, 0.4) is 0 Å². The van der Waals surface area contributed by atoms with Crippen LogP contribution in [-0.4, -0.2) is 16.0 Å². The SMILES string of the molecule is Cc1nc([C@H](C)NC(=O)NCc2ncc(C(C)(C)C)o2)cs1. The number of aromatic nitrogens is 2. The molecular formula is C15H22N4O2S. The van der Waals surface area contributed by atoms with E-state index in [0.717, 1.165) is 16.5 Å². The smallest absolute Gasteiger partial charge is 0.315 e. The van der Waals surface area contributed by atoms with Gasteiger partial charge < -0.3 is 15.1 Å². The van der Waals surface area contributed by atoms with Crippen LogP contribution in [0.5, 0.6) is 0 Å². The van der Waals surface area contributed by atoms with E-state index in [1.54, 1.807) is 17.5 Å². The fraction of sp³-hybridized carbons (Fsp3) is 0.533. The van der Waals surface area contributed by atoms with Crippen molar-refractivity contribution in [2.45, 2.75) is 52.6 Å². The summed E-state index contributed by atoms with van der Waals surface area (Å²) in [7, 11) is 0. The molecule has 2 rings (SSSR count). The summed E-state index contributed by atoms with van der Waals surface area (Å²) in [5.41, 5.74) is 0.772. The lowest BCUT2D eigenvalue weighted by molar-refractivity contribution is 0.235. The Balaban J connectivity index is 1.84. The molecule has 1 atom stereocenters. The zero-order valence-electron chi connectivity index (χ0n) is 13.6. The first-order valence-electron chi connectivity index (χ1n) is 7.17. The van der Waals surface area contributed by atoms with Crippen LogP contribution in [-0.2, 0) is 12.0 Å². The van der Waals surface area contributed by atoms with Gasteiger partial charge in [-0.15, -0.1) is 11.3 Å². The van der Waals surface area contributed by atoms with Gasteiger partial charge in [-0.05, 0) is 13.8 Å². The molecule has 2 N–H and O–H groups in total. The zero-order valence-corrected chi connectivity index (χ0v) is 14.4. The third kappa shape index (κ3) is 4.30. The number of rotatable bonds is 4. The Labute approximate surface area is 134 Å². The molecule has 0 unspecified atom stereocenters. The van der Waals surface area contributed by atoms with Crippen LogP contribution in [0.25, 0.3) is 0 Å². The van der Waals surface area contributed by atoms with Crippen molar-refractivity contribution in [1.29, 1.82) is 0 Å². The van der Waals surface area contributed by atoms with E-state index in [1.165, 1.54) is 0 Å². The number of amides is 2. The molecule has 2 amide bonds. The molecule has 2 heterocycles. The molecular weight excluding hydrogens is 300 g/mol. The maximum absolute atomic E-state index is 11.9. The summed E-state index contributed by atoms with van der Waals surface area (Å²) in [6.45, 7) is 10.2. The molecule has 0 saturated heterocycles. The second-order valence-corrected chi connectivity index (χ2v) is 7.27. The van der Waals surface area contributed by atoms with Crippen molar-refractivity contribution < 1.29 is 9.21 Å². The molecule has 0 aliphatic heterocycles. The average Bonchev–Trinajstić information content (AvgIpc) is 3.04. The minimum Gasteiger partial charge on any atom is -0.443 e. The second-order valence-electron chi connectivity index (χ2n) is 6.21. The molecule has 0 aromatic carbocycles. The van der Waals surface area contributed by atoms with Crippen LogP contribution in [0.4, 0.5) is 4.79 Å². The molecule has 2 aromatic heterocycles. The molecule has 0 aliphatic rings. The Kier molecular flexibility index (Phi) is 4.85. The first-order valence-corrected chi connectivity index (χ1v) is 8.05. The Morgan fingerprint density at radius 3 is 2.73 bits per heavy atom. The van der Waals surface area contributed by atoms with E-state index < -0.39 is 0 Å². The highest BCUT2D eigenvalue weighted by Crippen LogP contribution is 2.22. The van der Waals surface area contributed by atoms with Gasteiger partial charge in [0.15, 0.2) is 0 Å². The largest absolute Gasteiger partial charge is 0.443 e. The lowest BCUT2D eigenvalue weighted by Crippen LogP contribution is -2.36. The topological polar surface area (TPSA) is 80.0 Å². The summed E-state index contributed by atoms with van der Waals surface area (Å²) in [6, 6.07) is -0.409. The Bertz CT molecular complexity index is 642. The Morgan fingerprint density at radius 2 is 2.18 bits per heavy atom. The summed E-state index contributed by atoms with van der Waals surface area (Å²) < 4.78 is 5.63. The van der Waals surface area contributed by atoms with E-state index >= 15 is 0 Å². The van der Waals surface area contributed by atoms with Gasteiger partial charge in [-0.25, -0.2) is 14.8 Å². The number of thiazole rings is 1. The maximum atomic E-state index is 11.9. The summed E-state index contributed by atoms with van der Waals surface area (Å²) in [5, 5.41) is 8.52. The van der Waals surface area contributed by atoms with Gasteiger partial charge in [0.25, 0.3) is 0 Å². The summed E-state index contributed by atoms with van der Waals surface area (Å²) in [4.78, 5) is 20.4.